The standard InChI is InChI=1S/C21H31N3O2/c1-16-8-6-14-23-15-7-11-20(21(26)24(16)23)22-19(17(2)25)13-12-18-9-4-3-5-10-18/h3-5,9-10,16,19-20,22H,6-8,11-15H2,1-2H3/t16-,19+,20+/m1/s1. The highest BCUT2D eigenvalue weighted by Crippen LogP contribution is 2.23. The number of carbonyl (C=O) groups excluding carboxylic acids is 2. The Kier molecular flexibility index (Phi) is 6.43. The van der Waals surface area contributed by atoms with Crippen LogP contribution in [0.3, 0.4) is 0 Å². The third-order valence-corrected chi connectivity index (χ3v) is 5.65. The van der Waals surface area contributed by atoms with Gasteiger partial charge in [-0.05, 0) is 57.9 Å². The number of hydrogen-bond donors (Lipinski definition) is 1. The van der Waals surface area contributed by atoms with Crippen molar-refractivity contribution in [1.29, 1.82) is 0 Å². The number of aryl methyl sites for hydroxylation is 1. The lowest BCUT2D eigenvalue weighted by Gasteiger charge is -2.43. The summed E-state index contributed by atoms with van der Waals surface area (Å²) in [6.07, 6.45) is 5.55. The van der Waals surface area contributed by atoms with Crippen LogP contribution in [0.25, 0.3) is 0 Å². The second-order valence-corrected chi connectivity index (χ2v) is 7.68. The van der Waals surface area contributed by atoms with Gasteiger partial charge in [-0.2, -0.15) is 0 Å². The Balaban J connectivity index is 1.65. The van der Waals surface area contributed by atoms with Crippen molar-refractivity contribution < 1.29 is 9.59 Å². The molecule has 0 spiro atoms. The van der Waals surface area contributed by atoms with E-state index in [4.69, 9.17) is 0 Å². The summed E-state index contributed by atoms with van der Waals surface area (Å²) < 4.78 is 0. The molecule has 3 atom stereocenters. The predicted octanol–water partition coefficient (Wildman–Crippen LogP) is 2.56. The van der Waals surface area contributed by atoms with Gasteiger partial charge in [0.15, 0.2) is 0 Å². The fraction of sp³-hybridized carbons (Fsp3) is 0.619. The Morgan fingerprint density at radius 3 is 2.58 bits per heavy atom. The summed E-state index contributed by atoms with van der Waals surface area (Å²) in [7, 11) is 0. The van der Waals surface area contributed by atoms with Crippen molar-refractivity contribution in [3.8, 4) is 0 Å². The SMILES string of the molecule is CC(=O)[C@H](CCc1ccccc1)N[C@H]1CCCN2CCC[C@@H](C)N2C1=O. The molecule has 0 aromatic heterocycles. The van der Waals surface area contributed by atoms with Gasteiger partial charge < -0.3 is 0 Å². The molecule has 5 nitrogen and oxygen atoms in total. The predicted molar refractivity (Wildman–Crippen MR) is 103 cm³/mol. The molecule has 3 rings (SSSR count). The largest absolute Gasteiger partial charge is 0.298 e. The molecule has 5 heteroatoms. The quantitative estimate of drug-likeness (QED) is 0.850. The van der Waals surface area contributed by atoms with Gasteiger partial charge in [-0.15, -0.1) is 0 Å². The van der Waals surface area contributed by atoms with E-state index in [1.54, 1.807) is 6.92 Å². The normalized spacial score (nSPS) is 25.5. The number of Topliss-reactive ketones (excluding diaryl/α,β-unsaturated/α-hetero) is 1. The maximum Gasteiger partial charge on any atom is 0.254 e. The summed E-state index contributed by atoms with van der Waals surface area (Å²) in [6.45, 7) is 5.65. The summed E-state index contributed by atoms with van der Waals surface area (Å²) in [6, 6.07) is 9.93. The highest BCUT2D eigenvalue weighted by Gasteiger charge is 2.37. The van der Waals surface area contributed by atoms with Crippen molar-refractivity contribution in [3.05, 3.63) is 35.9 Å². The van der Waals surface area contributed by atoms with E-state index in [0.717, 1.165) is 51.6 Å². The summed E-state index contributed by atoms with van der Waals surface area (Å²) in [4.78, 5) is 25.3. The fourth-order valence-electron chi connectivity index (χ4n) is 4.17. The molecule has 26 heavy (non-hydrogen) atoms. The lowest BCUT2D eigenvalue weighted by Crippen LogP contribution is -2.59. The third-order valence-electron chi connectivity index (χ3n) is 5.65. The number of fused-ring (bicyclic) bond motifs is 1. The Labute approximate surface area is 156 Å². The van der Waals surface area contributed by atoms with Gasteiger partial charge in [-0.25, -0.2) is 5.01 Å². The zero-order valence-corrected chi connectivity index (χ0v) is 16.0. The molecule has 1 aromatic carbocycles. The topological polar surface area (TPSA) is 52.7 Å². The van der Waals surface area contributed by atoms with Gasteiger partial charge in [-0.1, -0.05) is 30.3 Å². The Bertz CT molecular complexity index is 619. The van der Waals surface area contributed by atoms with Crippen LogP contribution in [0.4, 0.5) is 0 Å². The van der Waals surface area contributed by atoms with Crippen molar-refractivity contribution in [2.45, 2.75) is 70.5 Å². The first-order valence-electron chi connectivity index (χ1n) is 9.94. The van der Waals surface area contributed by atoms with Crippen LogP contribution in [0.5, 0.6) is 0 Å². The van der Waals surface area contributed by atoms with E-state index in [9.17, 15) is 9.59 Å². The molecular formula is C21H31N3O2. The van der Waals surface area contributed by atoms with Crippen LogP contribution < -0.4 is 5.32 Å². The second kappa shape index (κ2) is 8.78. The van der Waals surface area contributed by atoms with Gasteiger partial charge in [0.25, 0.3) is 5.91 Å². The number of hydrogen-bond acceptors (Lipinski definition) is 4. The van der Waals surface area contributed by atoms with Crippen molar-refractivity contribution in [2.24, 2.45) is 0 Å². The molecule has 2 aliphatic rings. The Hall–Kier alpha value is -1.72. The van der Waals surface area contributed by atoms with Crippen LogP contribution in [0.1, 0.15) is 51.5 Å². The zero-order valence-electron chi connectivity index (χ0n) is 16.0. The van der Waals surface area contributed by atoms with Crippen LogP contribution in [-0.2, 0) is 16.0 Å². The monoisotopic (exact) mass is 357 g/mol. The minimum Gasteiger partial charge on any atom is -0.298 e. The van der Waals surface area contributed by atoms with E-state index in [2.05, 4.69) is 29.4 Å². The van der Waals surface area contributed by atoms with Crippen LogP contribution >= 0.6 is 0 Å². The maximum absolute atomic E-state index is 13.1. The van der Waals surface area contributed by atoms with Crippen molar-refractivity contribution in [1.82, 2.24) is 15.3 Å². The number of benzene rings is 1. The Morgan fingerprint density at radius 1 is 1.19 bits per heavy atom. The third kappa shape index (κ3) is 4.51. The number of rotatable bonds is 6. The van der Waals surface area contributed by atoms with Crippen molar-refractivity contribution in [2.75, 3.05) is 13.1 Å². The summed E-state index contributed by atoms with van der Waals surface area (Å²) in [5.41, 5.74) is 1.23. The molecule has 0 aliphatic carbocycles. The van der Waals surface area contributed by atoms with Gasteiger partial charge in [0.05, 0.1) is 12.1 Å². The van der Waals surface area contributed by atoms with Gasteiger partial charge in [0.2, 0.25) is 0 Å². The fourth-order valence-corrected chi connectivity index (χ4v) is 4.17. The molecule has 2 saturated heterocycles. The smallest absolute Gasteiger partial charge is 0.254 e. The van der Waals surface area contributed by atoms with E-state index in [-0.39, 0.29) is 29.8 Å². The first-order valence-corrected chi connectivity index (χ1v) is 9.94. The summed E-state index contributed by atoms with van der Waals surface area (Å²) in [5.74, 6) is 0.252. The van der Waals surface area contributed by atoms with E-state index >= 15 is 0 Å². The molecular weight excluding hydrogens is 326 g/mol. The molecule has 0 bridgehead atoms. The molecule has 1 aromatic rings. The lowest BCUT2D eigenvalue weighted by molar-refractivity contribution is -0.160. The van der Waals surface area contributed by atoms with Gasteiger partial charge in [0.1, 0.15) is 5.78 Å². The average Bonchev–Trinajstić information content (AvgIpc) is 2.79. The first-order chi connectivity index (χ1) is 12.6. The van der Waals surface area contributed by atoms with E-state index < -0.39 is 0 Å². The number of hydrazine groups is 1. The number of carbonyl (C=O) groups is 2. The summed E-state index contributed by atoms with van der Waals surface area (Å²) in [5, 5.41) is 7.58. The maximum atomic E-state index is 13.1. The number of amides is 1. The van der Waals surface area contributed by atoms with Crippen molar-refractivity contribution >= 4 is 11.7 Å². The average molecular weight is 357 g/mol. The molecule has 1 amide bonds. The van der Waals surface area contributed by atoms with Gasteiger partial charge >= 0.3 is 0 Å². The van der Waals surface area contributed by atoms with Crippen LogP contribution in [-0.4, -0.2) is 52.9 Å². The number of nitrogens with one attached hydrogen (secondary N) is 1. The van der Waals surface area contributed by atoms with E-state index in [1.807, 2.05) is 23.2 Å². The highest BCUT2D eigenvalue weighted by molar-refractivity contribution is 5.85. The minimum absolute atomic E-state index is 0.113. The van der Waals surface area contributed by atoms with Gasteiger partial charge in [0, 0.05) is 19.1 Å². The molecule has 1 N–H and O–H groups in total. The second-order valence-electron chi connectivity index (χ2n) is 7.68. The minimum atomic E-state index is -0.268. The van der Waals surface area contributed by atoms with Crippen molar-refractivity contribution in [3.63, 3.8) is 0 Å². The molecule has 0 radical (unpaired) electrons. The van der Waals surface area contributed by atoms with Crippen LogP contribution in [0.2, 0.25) is 0 Å². The molecule has 0 unspecified atom stereocenters. The molecule has 2 fully saturated rings. The first kappa shape index (κ1) is 19.1. The van der Waals surface area contributed by atoms with E-state index in [1.165, 1.54) is 5.56 Å². The molecule has 142 valence electrons. The van der Waals surface area contributed by atoms with Crippen LogP contribution in [0.15, 0.2) is 30.3 Å². The zero-order chi connectivity index (χ0) is 18.5. The number of ketones is 1. The highest BCUT2D eigenvalue weighted by atomic mass is 16.2. The Morgan fingerprint density at radius 2 is 1.88 bits per heavy atom. The molecule has 2 heterocycles. The number of nitrogens with zero attached hydrogens (tertiary/aromatic N) is 2. The van der Waals surface area contributed by atoms with E-state index in [0.29, 0.717) is 0 Å². The lowest BCUT2D eigenvalue weighted by atomic mass is 10.0. The van der Waals surface area contributed by atoms with Gasteiger partial charge in [-0.3, -0.25) is 19.9 Å². The molecule has 0 saturated carbocycles. The van der Waals surface area contributed by atoms with Crippen LogP contribution in [0, 0.1) is 0 Å². The molecule has 2 aliphatic heterocycles. The summed E-state index contributed by atoms with van der Waals surface area (Å²) >= 11 is 0.